The van der Waals surface area contributed by atoms with Gasteiger partial charge in [-0.3, -0.25) is 14.5 Å². The highest BCUT2D eigenvalue weighted by Crippen LogP contribution is 2.17. The van der Waals surface area contributed by atoms with Gasteiger partial charge in [0.05, 0.1) is 13.1 Å². The third-order valence-corrected chi connectivity index (χ3v) is 5.57. The van der Waals surface area contributed by atoms with Gasteiger partial charge in [-0.25, -0.2) is 0 Å². The van der Waals surface area contributed by atoms with Crippen molar-refractivity contribution in [2.24, 2.45) is 0 Å². The summed E-state index contributed by atoms with van der Waals surface area (Å²) in [5.74, 6) is 0.0447. The molecule has 0 aliphatic carbocycles. The molecule has 1 fully saturated rings. The summed E-state index contributed by atoms with van der Waals surface area (Å²) < 4.78 is 0. The number of benzene rings is 2. The molecule has 1 heterocycles. The van der Waals surface area contributed by atoms with Crippen LogP contribution in [0.1, 0.15) is 24.1 Å². The number of carbonyl (C=O) groups excluding carboxylic acids is 2. The number of aryl methyl sites for hydroxylation is 1. The second kappa shape index (κ2) is 10.6. The zero-order valence-corrected chi connectivity index (χ0v) is 18.3. The molecule has 1 atom stereocenters. The van der Waals surface area contributed by atoms with E-state index in [0.717, 1.165) is 16.8 Å². The van der Waals surface area contributed by atoms with E-state index in [-0.39, 0.29) is 24.4 Å². The Balaban J connectivity index is 1.38. The fourth-order valence-electron chi connectivity index (χ4n) is 3.44. The van der Waals surface area contributed by atoms with Crippen molar-refractivity contribution in [3.05, 3.63) is 64.7 Å². The van der Waals surface area contributed by atoms with E-state index in [2.05, 4.69) is 15.5 Å². The van der Waals surface area contributed by atoms with E-state index in [1.807, 2.05) is 67.3 Å². The van der Waals surface area contributed by atoms with Crippen LogP contribution in [0.4, 0.5) is 5.69 Å². The summed E-state index contributed by atoms with van der Waals surface area (Å²) in [7, 11) is 0. The molecule has 1 aliphatic rings. The van der Waals surface area contributed by atoms with E-state index in [0.29, 0.717) is 37.7 Å². The summed E-state index contributed by atoms with van der Waals surface area (Å²) in [6.07, 6.45) is 0. The molecule has 6 nitrogen and oxygen atoms in total. The van der Waals surface area contributed by atoms with E-state index in [9.17, 15) is 9.59 Å². The van der Waals surface area contributed by atoms with Gasteiger partial charge in [0.15, 0.2) is 0 Å². The summed E-state index contributed by atoms with van der Waals surface area (Å²) in [4.78, 5) is 28.7. The molecule has 1 saturated heterocycles. The second-order valence-electron chi connectivity index (χ2n) is 7.73. The molecule has 2 aromatic carbocycles. The van der Waals surface area contributed by atoms with Crippen LogP contribution in [-0.2, 0) is 9.59 Å². The number of carbonyl (C=O) groups is 2. The SMILES string of the molecule is Cc1ccc(NC(=O)CN2CCN(C(=O)CN[C@H](C)c3cccc(Cl)c3)CC2)cc1. The second-order valence-corrected chi connectivity index (χ2v) is 8.17. The predicted molar refractivity (Wildman–Crippen MR) is 121 cm³/mol. The van der Waals surface area contributed by atoms with Crippen molar-refractivity contribution >= 4 is 29.1 Å². The van der Waals surface area contributed by atoms with Crippen LogP contribution in [0.15, 0.2) is 48.5 Å². The average Bonchev–Trinajstić information content (AvgIpc) is 2.74. The zero-order valence-electron chi connectivity index (χ0n) is 17.5. The summed E-state index contributed by atoms with van der Waals surface area (Å²) in [5.41, 5.74) is 3.02. The highest BCUT2D eigenvalue weighted by atomic mass is 35.5. The van der Waals surface area contributed by atoms with Crippen LogP contribution in [-0.4, -0.2) is 60.9 Å². The number of nitrogens with zero attached hydrogens (tertiary/aromatic N) is 2. The molecule has 160 valence electrons. The van der Waals surface area contributed by atoms with Crippen LogP contribution in [0.25, 0.3) is 0 Å². The number of hydrogen-bond acceptors (Lipinski definition) is 4. The topological polar surface area (TPSA) is 64.7 Å². The first-order chi connectivity index (χ1) is 14.4. The van der Waals surface area contributed by atoms with Crippen molar-refractivity contribution in [3.8, 4) is 0 Å². The van der Waals surface area contributed by atoms with Crippen molar-refractivity contribution in [1.29, 1.82) is 0 Å². The summed E-state index contributed by atoms with van der Waals surface area (Å²) in [5, 5.41) is 6.88. The standard InChI is InChI=1S/C23H29ClN4O2/c1-17-6-8-21(9-7-17)26-22(29)16-27-10-12-28(13-11-27)23(30)15-25-18(2)19-4-3-5-20(24)14-19/h3-9,14,18,25H,10-13,15-16H2,1-2H3,(H,26,29)/t18-/m1/s1. The molecule has 2 aromatic rings. The van der Waals surface area contributed by atoms with Gasteiger partial charge in [0.1, 0.15) is 0 Å². The van der Waals surface area contributed by atoms with Crippen LogP contribution in [0, 0.1) is 6.92 Å². The molecule has 0 aromatic heterocycles. The maximum atomic E-state index is 12.5. The molecule has 0 spiro atoms. The lowest BCUT2D eigenvalue weighted by atomic mass is 10.1. The first-order valence-corrected chi connectivity index (χ1v) is 10.6. The minimum Gasteiger partial charge on any atom is -0.339 e. The molecule has 2 amide bonds. The van der Waals surface area contributed by atoms with E-state index in [4.69, 9.17) is 11.6 Å². The molecule has 0 saturated carbocycles. The van der Waals surface area contributed by atoms with Gasteiger partial charge in [-0.1, -0.05) is 41.4 Å². The van der Waals surface area contributed by atoms with Gasteiger partial charge in [-0.05, 0) is 43.7 Å². The third-order valence-electron chi connectivity index (χ3n) is 5.34. The summed E-state index contributed by atoms with van der Waals surface area (Å²) in [6.45, 7) is 7.28. The van der Waals surface area contributed by atoms with Gasteiger partial charge in [-0.2, -0.15) is 0 Å². The molecule has 2 N–H and O–H groups in total. The van der Waals surface area contributed by atoms with Crippen molar-refractivity contribution in [3.63, 3.8) is 0 Å². The number of hydrogen-bond donors (Lipinski definition) is 2. The molecule has 0 unspecified atom stereocenters. The van der Waals surface area contributed by atoms with Gasteiger partial charge in [0.25, 0.3) is 0 Å². The average molecular weight is 429 g/mol. The van der Waals surface area contributed by atoms with Crippen LogP contribution in [0.5, 0.6) is 0 Å². The van der Waals surface area contributed by atoms with Crippen molar-refractivity contribution in [1.82, 2.24) is 15.1 Å². The highest BCUT2D eigenvalue weighted by Gasteiger charge is 2.22. The first kappa shape index (κ1) is 22.3. The number of rotatable bonds is 7. The molecule has 7 heteroatoms. The van der Waals surface area contributed by atoms with E-state index in [1.165, 1.54) is 0 Å². The van der Waals surface area contributed by atoms with Crippen LogP contribution >= 0.6 is 11.6 Å². The lowest BCUT2D eigenvalue weighted by Crippen LogP contribution is -2.52. The Kier molecular flexibility index (Phi) is 7.85. The fraction of sp³-hybridized carbons (Fsp3) is 0.391. The normalized spacial score (nSPS) is 15.6. The lowest BCUT2D eigenvalue weighted by Gasteiger charge is -2.34. The van der Waals surface area contributed by atoms with Gasteiger partial charge in [-0.15, -0.1) is 0 Å². The molecular formula is C23H29ClN4O2. The fourth-order valence-corrected chi connectivity index (χ4v) is 3.64. The van der Waals surface area contributed by atoms with Crippen molar-refractivity contribution in [2.75, 3.05) is 44.6 Å². The Morgan fingerprint density at radius 1 is 1.07 bits per heavy atom. The molecule has 0 bridgehead atoms. The number of nitrogens with one attached hydrogen (secondary N) is 2. The lowest BCUT2D eigenvalue weighted by molar-refractivity contribution is -0.132. The van der Waals surface area contributed by atoms with Crippen LogP contribution < -0.4 is 10.6 Å². The number of halogens is 1. The smallest absolute Gasteiger partial charge is 0.238 e. The number of piperazine rings is 1. The number of anilines is 1. The molecule has 1 aliphatic heterocycles. The number of amides is 2. The largest absolute Gasteiger partial charge is 0.339 e. The van der Waals surface area contributed by atoms with E-state index < -0.39 is 0 Å². The first-order valence-electron chi connectivity index (χ1n) is 10.3. The van der Waals surface area contributed by atoms with Gasteiger partial charge in [0, 0.05) is 42.9 Å². The quantitative estimate of drug-likeness (QED) is 0.711. The summed E-state index contributed by atoms with van der Waals surface area (Å²) in [6, 6.07) is 15.4. The Labute approximate surface area is 183 Å². The Hall–Kier alpha value is -2.41. The zero-order chi connectivity index (χ0) is 21.5. The summed E-state index contributed by atoms with van der Waals surface area (Å²) >= 11 is 6.04. The van der Waals surface area contributed by atoms with E-state index in [1.54, 1.807) is 0 Å². The van der Waals surface area contributed by atoms with Gasteiger partial charge >= 0.3 is 0 Å². The van der Waals surface area contributed by atoms with Crippen molar-refractivity contribution in [2.45, 2.75) is 19.9 Å². The Morgan fingerprint density at radius 2 is 1.77 bits per heavy atom. The van der Waals surface area contributed by atoms with Crippen LogP contribution in [0.3, 0.4) is 0 Å². The minimum atomic E-state index is -0.0318. The highest BCUT2D eigenvalue weighted by molar-refractivity contribution is 6.30. The minimum absolute atomic E-state index is 0.0318. The van der Waals surface area contributed by atoms with Crippen molar-refractivity contribution < 1.29 is 9.59 Å². The molecule has 3 rings (SSSR count). The maximum absolute atomic E-state index is 12.5. The van der Waals surface area contributed by atoms with Gasteiger partial charge in [0.2, 0.25) is 11.8 Å². The van der Waals surface area contributed by atoms with E-state index >= 15 is 0 Å². The molecular weight excluding hydrogens is 400 g/mol. The monoisotopic (exact) mass is 428 g/mol. The van der Waals surface area contributed by atoms with Gasteiger partial charge < -0.3 is 15.5 Å². The van der Waals surface area contributed by atoms with Crippen LogP contribution in [0.2, 0.25) is 5.02 Å². The molecule has 30 heavy (non-hydrogen) atoms. The maximum Gasteiger partial charge on any atom is 0.238 e. The Morgan fingerprint density at radius 3 is 2.43 bits per heavy atom. The predicted octanol–water partition coefficient (Wildman–Crippen LogP) is 3.08. The Bertz CT molecular complexity index is 864. The molecule has 0 radical (unpaired) electrons. The third kappa shape index (κ3) is 6.55.